The van der Waals surface area contributed by atoms with Gasteiger partial charge in [-0.05, 0) is 121 Å². The lowest BCUT2D eigenvalue weighted by molar-refractivity contribution is -0.146. The first-order chi connectivity index (χ1) is 59.0. The summed E-state index contributed by atoms with van der Waals surface area (Å²) >= 11 is 2.90. The number of nitrogens with zero attached hydrogens (tertiary/aromatic N) is 8. The number of hydrogen-bond acceptors (Lipinski definition) is 24. The van der Waals surface area contributed by atoms with Crippen molar-refractivity contribution in [1.82, 2.24) is 70.2 Å². The Morgan fingerprint density at radius 2 is 1.05 bits per heavy atom. The molecule has 38 heteroatoms. The molecule has 5 aliphatic heterocycles. The number of carboxylic acid groups (broad SMARTS) is 2. The number of pyridine rings is 2. The zero-order chi connectivity index (χ0) is 90.4. The number of amides is 8. The molecule has 5 fully saturated rings. The number of benzene rings is 2. The number of rotatable bonds is 23. The summed E-state index contributed by atoms with van der Waals surface area (Å²) in [5, 5.41) is 51.2. The largest absolute Gasteiger partial charge is 0.497 e. The number of aliphatic carboxylic acids is 2. The molecule has 10 N–H and O–H groups in total. The van der Waals surface area contributed by atoms with Crippen LogP contribution in [0.4, 0.5) is 19.9 Å². The fourth-order valence-electron chi connectivity index (χ4n) is 16.4. The van der Waals surface area contributed by atoms with E-state index in [-0.39, 0.29) is 82.5 Å². The quantitative estimate of drug-likeness (QED) is 0.0266. The standard InChI is InChI=1S/C44H60N8O9S2.C43H60N8O9S2/c1-26(2)45-42-48-34(25-62-42)33-21-36(30-16-15-28(60-6)19-32(30)46-33)61-29-20-35-38(53)50-44(40(55)56)22-27(44)13-10-8-7-9-11-14-31(39(54)52(35)23-29)47-41(57)49-37(43(3,4)5)24-51-17-12-18-63(51,58)59;1-25(2)44-41-47-33(24-61-41)32-20-35(29-17-16-27(59-7)18-31(29)45-32)60-28-19-34-37(52)49-43(39(54)55)21-26(43)14-12-10-9-11-13-15-30(38(53)51(34)22-28)46-40(56)48-36(42(3,4)5)23-50(6)62(8,57)58/h10,13,15-16,19,21,25-27,29,31,35,37H,7-9,11-12,14,17-18,20,22-24H2,1-6H3,(H,45,48)(H,50,53)(H,55,56)(H2,47,49,57);12,14,16-18,20,24-26,28,30,34,36H,9-11,13,15,19,21-23H2,1-8H3,(H,44,47)(H,49,52)(H,54,55)(H2,46,48,56)/b13-10-;14-12-/t27?,29-,31+,35+,37-,44-;26?,28-,30+,34+,36-,43-/m11/s1. The van der Waals surface area contributed by atoms with Crippen LogP contribution in [0, 0.1) is 22.7 Å². The van der Waals surface area contributed by atoms with Crippen LogP contribution in [-0.2, 0) is 48.8 Å². The first-order valence-electron chi connectivity index (χ1n) is 42.9. The lowest BCUT2D eigenvalue weighted by atomic mass is 9.86. The van der Waals surface area contributed by atoms with Gasteiger partial charge in [-0.1, -0.05) is 91.5 Å². The zero-order valence-corrected chi connectivity index (χ0v) is 76.8. The smallest absolute Gasteiger partial charge is 0.330 e. The number of carbonyl (C=O) groups is 8. The fraction of sp³-hybridized carbons (Fsp3) is 0.586. The predicted molar refractivity (Wildman–Crippen MR) is 478 cm³/mol. The second-order valence-corrected chi connectivity index (χ2v) is 42.3. The maximum Gasteiger partial charge on any atom is 0.330 e. The van der Waals surface area contributed by atoms with Gasteiger partial charge in [-0.3, -0.25) is 19.2 Å². The zero-order valence-electron chi connectivity index (χ0n) is 73.5. The molecule has 680 valence electrons. The van der Waals surface area contributed by atoms with Crippen molar-refractivity contribution in [2.45, 2.75) is 237 Å². The summed E-state index contributed by atoms with van der Waals surface area (Å²) in [6.45, 7) is 19.8. The highest BCUT2D eigenvalue weighted by atomic mass is 32.2. The minimum absolute atomic E-state index is 0.00174. The van der Waals surface area contributed by atoms with Crippen LogP contribution in [-0.4, -0.2) is 251 Å². The Kier molecular flexibility index (Phi) is 29.4. The van der Waals surface area contributed by atoms with Gasteiger partial charge in [0.15, 0.2) is 10.3 Å². The highest BCUT2D eigenvalue weighted by molar-refractivity contribution is 7.89. The molecule has 0 bridgehead atoms. The van der Waals surface area contributed by atoms with Gasteiger partial charge in [0.1, 0.15) is 81.8 Å². The number of carboxylic acids is 2. The Labute approximate surface area is 738 Å². The molecule has 2 unspecified atom stereocenters. The molecule has 8 amide bonds. The molecular formula is C87H120N16O18S4. The van der Waals surface area contributed by atoms with Gasteiger partial charge in [0.2, 0.25) is 43.7 Å². The molecule has 2 aromatic carbocycles. The molecule has 6 aromatic rings. The number of urea groups is 2. The maximum absolute atomic E-state index is 14.9. The van der Waals surface area contributed by atoms with Crippen molar-refractivity contribution in [1.29, 1.82) is 0 Å². The summed E-state index contributed by atoms with van der Waals surface area (Å²) in [5.41, 5.74) is -0.618. The number of ether oxygens (including phenoxy) is 4. The van der Waals surface area contributed by atoms with Gasteiger partial charge in [-0.15, -0.1) is 22.7 Å². The average Bonchev–Trinajstić information content (AvgIpc) is 1.57. The predicted octanol–water partition coefficient (Wildman–Crippen LogP) is 10.1. The summed E-state index contributed by atoms with van der Waals surface area (Å²) in [6, 6.07) is 7.84. The number of fused-ring (bicyclic) bond motifs is 6. The Bertz CT molecular complexity index is 5280. The van der Waals surface area contributed by atoms with Crippen LogP contribution in [0.25, 0.3) is 44.6 Å². The second kappa shape index (κ2) is 39.1. The lowest BCUT2D eigenvalue weighted by Crippen LogP contribution is -2.59. The number of hydrogen-bond donors (Lipinski definition) is 10. The highest BCUT2D eigenvalue weighted by Crippen LogP contribution is 2.48. The van der Waals surface area contributed by atoms with Crippen molar-refractivity contribution in [2.24, 2.45) is 22.7 Å². The van der Waals surface area contributed by atoms with Gasteiger partial charge in [0, 0.05) is 121 Å². The molecule has 13 rings (SSSR count). The molecule has 0 radical (unpaired) electrons. The van der Waals surface area contributed by atoms with Crippen LogP contribution in [0.3, 0.4) is 0 Å². The van der Waals surface area contributed by atoms with E-state index in [1.54, 1.807) is 50.6 Å². The van der Waals surface area contributed by atoms with E-state index < -0.39 is 150 Å². The number of carbonyl (C=O) groups excluding carboxylic acids is 6. The van der Waals surface area contributed by atoms with Gasteiger partial charge in [-0.2, -0.15) is 4.31 Å². The number of sulfonamides is 2. The Hall–Kier alpha value is -10.0. The molecular weight excluding hydrogens is 1690 g/mol. The number of methoxy groups -OCH3 is 2. The molecule has 2 saturated carbocycles. The summed E-state index contributed by atoms with van der Waals surface area (Å²) < 4.78 is 77.2. The van der Waals surface area contributed by atoms with Crippen LogP contribution < -0.4 is 61.5 Å². The van der Waals surface area contributed by atoms with Crippen molar-refractivity contribution < 1.29 is 84.4 Å². The summed E-state index contributed by atoms with van der Waals surface area (Å²) in [4.78, 5) is 134. The molecule has 9 heterocycles. The van der Waals surface area contributed by atoms with Crippen molar-refractivity contribution in [2.75, 3.05) is 76.6 Å². The first kappa shape index (κ1) is 94.1. The van der Waals surface area contributed by atoms with Gasteiger partial charge in [0.05, 0.1) is 61.7 Å². The molecule has 2 aliphatic carbocycles. The SMILES string of the molecule is COc1ccc2c(O[C@@H]3C[C@H]4C(=O)N[C@]5(C(=O)O)CC5/C=C\CCCCC[C@H](NC(=O)N[C@H](CN(C)S(C)(=O)=O)C(C)(C)C)C(=O)N4C3)cc(-c3csc(NC(C)C)n3)nc2c1.COc1ccc2c(O[C@@H]3C[C@H]4C(=O)N[C@]5(C(=O)O)CC5/C=C\CCCCC[C@H](NC(=O)N[C@H](CN5CCCS5(=O)=O)C(C)(C)C)C(=O)N4C3)cc(-c3csc(NC(C)C)n3)nc2c1. The van der Waals surface area contributed by atoms with E-state index in [1.165, 1.54) is 48.1 Å². The van der Waals surface area contributed by atoms with E-state index >= 15 is 0 Å². The lowest BCUT2D eigenvalue weighted by Gasteiger charge is -2.35. The van der Waals surface area contributed by atoms with E-state index in [1.807, 2.05) is 116 Å². The molecule has 34 nitrogen and oxygen atoms in total. The molecule has 4 aromatic heterocycles. The topological polar surface area (TPSA) is 443 Å². The average molecular weight is 1810 g/mol. The van der Waals surface area contributed by atoms with Gasteiger partial charge < -0.3 is 81.5 Å². The van der Waals surface area contributed by atoms with Gasteiger partial charge in [-0.25, -0.2) is 60.3 Å². The molecule has 0 spiro atoms. The normalized spacial score (nSPS) is 25.5. The number of likely N-dealkylation sites (N-methyl/N-ethyl adjacent to an activating group) is 1. The van der Waals surface area contributed by atoms with Crippen LogP contribution in [0.2, 0.25) is 0 Å². The first-order valence-corrected chi connectivity index (χ1v) is 48.1. The molecule has 3 saturated heterocycles. The van der Waals surface area contributed by atoms with E-state index in [2.05, 4.69) is 42.5 Å². The van der Waals surface area contributed by atoms with Gasteiger partial charge >= 0.3 is 24.0 Å². The third kappa shape index (κ3) is 23.1. The summed E-state index contributed by atoms with van der Waals surface area (Å²) in [6.07, 6.45) is 14.4. The molecule has 12 atom stereocenters. The minimum Gasteiger partial charge on any atom is -0.497 e. The van der Waals surface area contributed by atoms with Crippen LogP contribution in [0.1, 0.15) is 166 Å². The second-order valence-electron chi connectivity index (χ2n) is 36.4. The minimum atomic E-state index is -3.55. The van der Waals surface area contributed by atoms with Crippen LogP contribution in [0.5, 0.6) is 23.0 Å². The van der Waals surface area contributed by atoms with Crippen molar-refractivity contribution in [3.05, 3.63) is 83.6 Å². The van der Waals surface area contributed by atoms with Crippen molar-refractivity contribution in [3.8, 4) is 45.8 Å². The molecule has 125 heavy (non-hydrogen) atoms. The summed E-state index contributed by atoms with van der Waals surface area (Å²) in [7, 11) is -2.42. The number of aromatic nitrogens is 4. The highest BCUT2D eigenvalue weighted by Gasteiger charge is 2.63. The third-order valence-electron chi connectivity index (χ3n) is 24.1. The summed E-state index contributed by atoms with van der Waals surface area (Å²) in [5.74, 6) is -3.26. The number of allylic oxidation sites excluding steroid dienone is 2. The third-order valence-corrected chi connectivity index (χ3v) is 28.8. The Morgan fingerprint density at radius 1 is 0.616 bits per heavy atom. The van der Waals surface area contributed by atoms with Crippen LogP contribution >= 0.6 is 22.7 Å². The Morgan fingerprint density at radius 3 is 1.43 bits per heavy atom. The molecule has 7 aliphatic rings. The number of thiazole rings is 2. The van der Waals surface area contributed by atoms with Crippen molar-refractivity contribution in [3.63, 3.8) is 0 Å². The van der Waals surface area contributed by atoms with E-state index in [0.717, 1.165) is 42.2 Å². The van der Waals surface area contributed by atoms with E-state index in [4.69, 9.17) is 38.9 Å². The van der Waals surface area contributed by atoms with Crippen molar-refractivity contribution >= 4 is 122 Å². The van der Waals surface area contributed by atoms with E-state index in [9.17, 15) is 65.4 Å². The maximum atomic E-state index is 14.9. The monoisotopic (exact) mass is 1800 g/mol. The fourth-order valence-corrected chi connectivity index (χ4v) is 20.1. The van der Waals surface area contributed by atoms with E-state index in [0.29, 0.717) is 106 Å². The number of anilines is 2. The van der Waals surface area contributed by atoms with Gasteiger partial charge in [0.25, 0.3) is 0 Å². The number of nitrogens with one attached hydrogen (secondary N) is 8. The Balaban J connectivity index is 0.000000228. The van der Waals surface area contributed by atoms with Crippen LogP contribution in [0.15, 0.2) is 83.6 Å².